The lowest BCUT2D eigenvalue weighted by molar-refractivity contribution is -0.128. The Balaban J connectivity index is 1.48. The highest BCUT2D eigenvalue weighted by Gasteiger charge is 2.33. The molecule has 0 aliphatic carbocycles. The van der Waals surface area contributed by atoms with Gasteiger partial charge in [0.05, 0.1) is 11.6 Å². The number of amides is 1. The fourth-order valence-corrected chi connectivity index (χ4v) is 3.30. The minimum Gasteiger partial charge on any atom is -0.338 e. The van der Waals surface area contributed by atoms with Gasteiger partial charge in [-0.1, -0.05) is 29.4 Å². The van der Waals surface area contributed by atoms with E-state index in [2.05, 4.69) is 29.2 Å². The van der Waals surface area contributed by atoms with Crippen LogP contribution in [0, 0.1) is 18.3 Å². The van der Waals surface area contributed by atoms with Crippen LogP contribution >= 0.6 is 0 Å². The molecule has 0 unspecified atom stereocenters. The van der Waals surface area contributed by atoms with Crippen molar-refractivity contribution in [2.24, 2.45) is 0 Å². The highest BCUT2D eigenvalue weighted by molar-refractivity contribution is 5.79. The number of nitrogens with zero attached hydrogens (tertiary/aromatic N) is 4. The van der Waals surface area contributed by atoms with Crippen molar-refractivity contribution >= 4 is 5.91 Å². The highest BCUT2D eigenvalue weighted by Crippen LogP contribution is 2.29. The zero-order valence-corrected chi connectivity index (χ0v) is 14.9. The smallest absolute Gasteiger partial charge is 0.257 e. The number of carbonyl (C=O) groups excluding carboxylic acids is 1. The van der Waals surface area contributed by atoms with E-state index in [-0.39, 0.29) is 11.8 Å². The number of likely N-dealkylation sites (tertiary alicyclic amines) is 1. The number of hydrogen-bond donors (Lipinski definition) is 0. The van der Waals surface area contributed by atoms with Gasteiger partial charge in [-0.3, -0.25) is 4.79 Å². The summed E-state index contributed by atoms with van der Waals surface area (Å²) in [6, 6.07) is 17.1. The Morgan fingerprint density at radius 2 is 2.00 bits per heavy atom. The predicted molar refractivity (Wildman–Crippen MR) is 98.4 cm³/mol. The summed E-state index contributed by atoms with van der Waals surface area (Å²) in [4.78, 5) is 18.8. The van der Waals surface area contributed by atoms with Crippen LogP contribution in [0.4, 0.5) is 0 Å². The van der Waals surface area contributed by atoms with Crippen LogP contribution in [0.2, 0.25) is 0 Å². The van der Waals surface area contributed by atoms with Crippen molar-refractivity contribution in [3.8, 4) is 17.5 Å². The normalized spacial score (nSPS) is 16.5. The second-order valence-corrected chi connectivity index (χ2v) is 6.75. The average Bonchev–Trinajstić information content (AvgIpc) is 3.31. The number of aryl methyl sites for hydroxylation is 1. The maximum absolute atomic E-state index is 12.4. The fraction of sp³-hybridized carbons (Fsp3) is 0.238. The Morgan fingerprint density at radius 3 is 2.74 bits per heavy atom. The Kier molecular flexibility index (Phi) is 4.43. The van der Waals surface area contributed by atoms with Gasteiger partial charge in [0.25, 0.3) is 5.89 Å². The molecule has 1 fully saturated rings. The number of carbonyl (C=O) groups is 1. The van der Waals surface area contributed by atoms with Crippen LogP contribution < -0.4 is 0 Å². The SMILES string of the molecule is Cc1ccccc1CN1C[C@@H](c2noc(-c3ccc(C#N)cc3)n2)CC1=O. The first-order chi connectivity index (χ1) is 13.1. The number of rotatable bonds is 4. The van der Waals surface area contributed by atoms with Gasteiger partial charge in [0, 0.05) is 31.0 Å². The zero-order chi connectivity index (χ0) is 18.8. The molecule has 1 aromatic heterocycles. The largest absolute Gasteiger partial charge is 0.338 e. The van der Waals surface area contributed by atoms with Crippen molar-refractivity contribution < 1.29 is 9.32 Å². The van der Waals surface area contributed by atoms with E-state index < -0.39 is 0 Å². The average molecular weight is 358 g/mol. The Hall–Kier alpha value is -3.46. The Labute approximate surface area is 157 Å². The van der Waals surface area contributed by atoms with Crippen LogP contribution in [-0.2, 0) is 11.3 Å². The summed E-state index contributed by atoms with van der Waals surface area (Å²) in [5.74, 6) is 0.986. The van der Waals surface area contributed by atoms with Gasteiger partial charge in [-0.15, -0.1) is 0 Å². The number of hydrogen-bond acceptors (Lipinski definition) is 5. The molecule has 0 spiro atoms. The third-order valence-electron chi connectivity index (χ3n) is 4.90. The molecule has 4 rings (SSSR count). The van der Waals surface area contributed by atoms with Crippen LogP contribution in [0.3, 0.4) is 0 Å². The number of benzene rings is 2. The molecule has 1 aliphatic heterocycles. The Bertz CT molecular complexity index is 1020. The molecule has 1 atom stereocenters. The highest BCUT2D eigenvalue weighted by atomic mass is 16.5. The molecule has 27 heavy (non-hydrogen) atoms. The van der Waals surface area contributed by atoms with Gasteiger partial charge in [-0.2, -0.15) is 10.2 Å². The van der Waals surface area contributed by atoms with Crippen molar-refractivity contribution in [3.63, 3.8) is 0 Å². The van der Waals surface area contributed by atoms with Crippen LogP contribution in [-0.4, -0.2) is 27.5 Å². The van der Waals surface area contributed by atoms with Crippen molar-refractivity contribution in [1.29, 1.82) is 5.26 Å². The quantitative estimate of drug-likeness (QED) is 0.713. The van der Waals surface area contributed by atoms with Gasteiger partial charge < -0.3 is 9.42 Å². The van der Waals surface area contributed by atoms with Gasteiger partial charge in [-0.05, 0) is 42.3 Å². The van der Waals surface area contributed by atoms with E-state index in [1.54, 1.807) is 24.3 Å². The van der Waals surface area contributed by atoms with Crippen LogP contribution in [0.15, 0.2) is 53.1 Å². The monoisotopic (exact) mass is 358 g/mol. The van der Waals surface area contributed by atoms with Gasteiger partial charge in [0.2, 0.25) is 5.91 Å². The van der Waals surface area contributed by atoms with Crippen LogP contribution in [0.5, 0.6) is 0 Å². The molecule has 1 aliphatic rings. The van der Waals surface area contributed by atoms with E-state index in [1.807, 2.05) is 23.1 Å². The lowest BCUT2D eigenvalue weighted by Crippen LogP contribution is -2.24. The minimum absolute atomic E-state index is 0.0719. The Morgan fingerprint density at radius 1 is 1.22 bits per heavy atom. The maximum atomic E-state index is 12.4. The first-order valence-corrected chi connectivity index (χ1v) is 8.80. The standard InChI is InChI=1S/C21H18N4O2/c1-14-4-2-3-5-17(14)12-25-13-18(10-19(25)26)20-23-21(27-24-20)16-8-6-15(11-22)7-9-16/h2-9,18H,10,12-13H2,1H3/t18-/m0/s1. The molecular weight excluding hydrogens is 340 g/mol. The first-order valence-electron chi connectivity index (χ1n) is 8.80. The molecule has 2 heterocycles. The van der Waals surface area contributed by atoms with E-state index in [0.717, 1.165) is 11.1 Å². The zero-order valence-electron chi connectivity index (χ0n) is 14.9. The van der Waals surface area contributed by atoms with E-state index in [9.17, 15) is 4.79 Å². The summed E-state index contributed by atoms with van der Waals surface area (Å²) in [5, 5.41) is 13.0. The molecule has 1 amide bonds. The van der Waals surface area contributed by atoms with Gasteiger partial charge in [0.1, 0.15) is 0 Å². The second kappa shape index (κ2) is 7.04. The first kappa shape index (κ1) is 17.0. The summed E-state index contributed by atoms with van der Waals surface area (Å²) in [6.07, 6.45) is 0.387. The molecule has 0 bridgehead atoms. The second-order valence-electron chi connectivity index (χ2n) is 6.75. The summed E-state index contributed by atoms with van der Waals surface area (Å²) in [7, 11) is 0. The summed E-state index contributed by atoms with van der Waals surface area (Å²) < 4.78 is 5.37. The lowest BCUT2D eigenvalue weighted by atomic mass is 10.1. The van der Waals surface area contributed by atoms with Crippen molar-refractivity contribution in [2.45, 2.75) is 25.8 Å². The van der Waals surface area contributed by atoms with Crippen molar-refractivity contribution in [2.75, 3.05) is 6.54 Å². The molecule has 1 saturated heterocycles. The molecule has 2 aromatic carbocycles. The molecule has 6 nitrogen and oxygen atoms in total. The number of aromatic nitrogens is 2. The molecule has 3 aromatic rings. The van der Waals surface area contributed by atoms with Crippen LogP contribution in [0.25, 0.3) is 11.5 Å². The summed E-state index contributed by atoms with van der Waals surface area (Å²) in [5.41, 5.74) is 3.66. The summed E-state index contributed by atoms with van der Waals surface area (Å²) in [6.45, 7) is 3.23. The van der Waals surface area contributed by atoms with E-state index in [1.165, 1.54) is 5.56 Å². The van der Waals surface area contributed by atoms with Crippen molar-refractivity contribution in [3.05, 3.63) is 71.0 Å². The van der Waals surface area contributed by atoms with E-state index in [4.69, 9.17) is 9.78 Å². The lowest BCUT2D eigenvalue weighted by Gasteiger charge is -2.17. The fourth-order valence-electron chi connectivity index (χ4n) is 3.30. The van der Waals surface area contributed by atoms with Crippen molar-refractivity contribution in [1.82, 2.24) is 15.0 Å². The molecular formula is C21H18N4O2. The topological polar surface area (TPSA) is 83.0 Å². The van der Waals surface area contributed by atoms with Gasteiger partial charge in [-0.25, -0.2) is 0 Å². The summed E-state index contributed by atoms with van der Waals surface area (Å²) >= 11 is 0. The predicted octanol–water partition coefficient (Wildman–Crippen LogP) is 3.43. The van der Waals surface area contributed by atoms with E-state index >= 15 is 0 Å². The molecule has 0 saturated carbocycles. The van der Waals surface area contributed by atoms with E-state index in [0.29, 0.717) is 36.8 Å². The van der Waals surface area contributed by atoms with Gasteiger partial charge in [0.15, 0.2) is 5.82 Å². The third kappa shape index (κ3) is 3.44. The molecule has 134 valence electrons. The number of nitriles is 1. The third-order valence-corrected chi connectivity index (χ3v) is 4.90. The van der Waals surface area contributed by atoms with Gasteiger partial charge >= 0.3 is 0 Å². The maximum Gasteiger partial charge on any atom is 0.257 e. The molecule has 0 N–H and O–H groups in total. The molecule has 6 heteroatoms. The molecule has 0 radical (unpaired) electrons. The minimum atomic E-state index is -0.0719. The van der Waals surface area contributed by atoms with Crippen LogP contribution in [0.1, 0.15) is 34.9 Å².